The molecule has 1 aliphatic carbocycles. The van der Waals surface area contributed by atoms with E-state index in [1.807, 2.05) is 29.1 Å². The third kappa shape index (κ3) is 4.42. The minimum absolute atomic E-state index is 0.0621. The number of carbonyl (C=O) groups excluding carboxylic acids is 2. The molecular weight excluding hydrogens is 421 g/mol. The zero-order valence-corrected chi connectivity index (χ0v) is 18.5. The van der Waals surface area contributed by atoms with Crippen LogP contribution in [0, 0.1) is 11.7 Å². The van der Waals surface area contributed by atoms with Crippen molar-refractivity contribution >= 4 is 11.8 Å². The van der Waals surface area contributed by atoms with E-state index >= 15 is 0 Å². The van der Waals surface area contributed by atoms with Crippen LogP contribution < -0.4 is 5.32 Å². The van der Waals surface area contributed by atoms with E-state index in [0.29, 0.717) is 30.2 Å². The fourth-order valence-electron chi connectivity index (χ4n) is 4.92. The van der Waals surface area contributed by atoms with Crippen LogP contribution >= 0.6 is 0 Å². The number of halogens is 1. The molecule has 2 aromatic heterocycles. The molecule has 7 nitrogen and oxygen atoms in total. The fourth-order valence-corrected chi connectivity index (χ4v) is 4.92. The molecular formula is C25H28FN5O2. The number of rotatable bonds is 5. The van der Waals surface area contributed by atoms with Crippen LogP contribution in [0.3, 0.4) is 0 Å². The number of aromatic nitrogens is 3. The van der Waals surface area contributed by atoms with Crippen molar-refractivity contribution in [3.63, 3.8) is 0 Å². The number of nitrogens with one attached hydrogen (secondary N) is 1. The zero-order chi connectivity index (χ0) is 22.8. The predicted molar refractivity (Wildman–Crippen MR) is 122 cm³/mol. The van der Waals surface area contributed by atoms with Crippen LogP contribution in [0.2, 0.25) is 0 Å². The summed E-state index contributed by atoms with van der Waals surface area (Å²) in [6.07, 6.45) is 11.3. The molecule has 2 fully saturated rings. The average Bonchev–Trinajstić information content (AvgIpc) is 3.60. The summed E-state index contributed by atoms with van der Waals surface area (Å²) in [5, 5.41) is 7.64. The van der Waals surface area contributed by atoms with Crippen molar-refractivity contribution in [2.24, 2.45) is 5.92 Å². The van der Waals surface area contributed by atoms with Gasteiger partial charge in [-0.15, -0.1) is 0 Å². The second kappa shape index (κ2) is 9.21. The highest BCUT2D eigenvalue weighted by Crippen LogP contribution is 2.25. The van der Waals surface area contributed by atoms with Crippen LogP contribution in [-0.2, 0) is 4.79 Å². The number of carbonyl (C=O) groups is 2. The minimum atomic E-state index is -0.333. The first kappa shape index (κ1) is 21.4. The Bertz CT molecular complexity index is 1120. The highest BCUT2D eigenvalue weighted by molar-refractivity contribution is 5.97. The standard InChI is InChI=1S/C25H28FN5O2/c26-19-9-11-21(12-10-19)31-24(29-13-3-4-14-29)22(16-27-31)25(33)30-15-5-6-18(17-30)23(32)28-20-7-1-2-8-20/h3-4,9-14,16,18,20H,1-2,5-8,15,17H2,(H,28,32)/t18-/m0/s1. The average molecular weight is 450 g/mol. The Labute approximate surface area is 192 Å². The van der Waals surface area contributed by atoms with Gasteiger partial charge < -0.3 is 14.8 Å². The normalized spacial score (nSPS) is 19.1. The van der Waals surface area contributed by atoms with E-state index in [9.17, 15) is 14.0 Å². The third-order valence-corrected chi connectivity index (χ3v) is 6.68. The number of hydrogen-bond donors (Lipinski definition) is 1. The van der Waals surface area contributed by atoms with E-state index in [-0.39, 0.29) is 29.6 Å². The lowest BCUT2D eigenvalue weighted by molar-refractivity contribution is -0.127. The summed E-state index contributed by atoms with van der Waals surface area (Å²) in [6.45, 7) is 1.02. The van der Waals surface area contributed by atoms with Gasteiger partial charge in [-0.05, 0) is 62.1 Å². The highest BCUT2D eigenvalue weighted by Gasteiger charge is 2.32. The Morgan fingerprint density at radius 1 is 1.00 bits per heavy atom. The van der Waals surface area contributed by atoms with Crippen molar-refractivity contribution in [2.45, 2.75) is 44.6 Å². The van der Waals surface area contributed by atoms with Crippen molar-refractivity contribution in [1.82, 2.24) is 24.6 Å². The summed E-state index contributed by atoms with van der Waals surface area (Å²) in [6, 6.07) is 10.0. The second-order valence-electron chi connectivity index (χ2n) is 8.94. The lowest BCUT2D eigenvalue weighted by Gasteiger charge is -2.32. The molecule has 3 aromatic rings. The van der Waals surface area contributed by atoms with Gasteiger partial charge in [-0.25, -0.2) is 9.07 Å². The largest absolute Gasteiger partial charge is 0.353 e. The molecule has 0 radical (unpaired) electrons. The SMILES string of the molecule is O=C(NC1CCCC1)[C@H]1CCCN(C(=O)c2cnn(-c3ccc(F)cc3)c2-n2cccc2)C1. The molecule has 2 aliphatic rings. The van der Waals surface area contributed by atoms with E-state index < -0.39 is 0 Å². The molecule has 0 bridgehead atoms. The van der Waals surface area contributed by atoms with E-state index in [2.05, 4.69) is 10.4 Å². The summed E-state index contributed by atoms with van der Waals surface area (Å²) in [5.41, 5.74) is 1.11. The molecule has 1 saturated carbocycles. The van der Waals surface area contributed by atoms with E-state index in [4.69, 9.17) is 0 Å². The molecule has 0 unspecified atom stereocenters. The first-order chi connectivity index (χ1) is 16.1. The topological polar surface area (TPSA) is 72.2 Å². The summed E-state index contributed by atoms with van der Waals surface area (Å²) in [5.74, 6) is -0.0166. The first-order valence-electron chi connectivity index (χ1n) is 11.7. The monoisotopic (exact) mass is 449 g/mol. The van der Waals surface area contributed by atoms with Gasteiger partial charge in [0.2, 0.25) is 5.91 Å². The molecule has 5 rings (SSSR count). The van der Waals surface area contributed by atoms with Crippen molar-refractivity contribution in [1.29, 1.82) is 0 Å². The Morgan fingerprint density at radius 3 is 2.45 bits per heavy atom. The quantitative estimate of drug-likeness (QED) is 0.645. The molecule has 1 N–H and O–H groups in total. The van der Waals surface area contributed by atoms with Crippen molar-refractivity contribution in [2.75, 3.05) is 13.1 Å². The summed E-state index contributed by atoms with van der Waals surface area (Å²) in [4.78, 5) is 28.2. The van der Waals surface area contributed by atoms with Gasteiger partial charge in [0.1, 0.15) is 11.4 Å². The van der Waals surface area contributed by atoms with Crippen LogP contribution in [-0.4, -0.2) is 50.2 Å². The van der Waals surface area contributed by atoms with Crippen LogP contribution in [0.25, 0.3) is 11.5 Å². The van der Waals surface area contributed by atoms with E-state index in [1.165, 1.54) is 25.0 Å². The number of benzene rings is 1. The molecule has 1 aliphatic heterocycles. The second-order valence-corrected chi connectivity index (χ2v) is 8.94. The number of amides is 2. The lowest BCUT2D eigenvalue weighted by atomic mass is 9.96. The predicted octanol–water partition coefficient (Wildman–Crippen LogP) is 3.71. The van der Waals surface area contributed by atoms with Gasteiger partial charge in [0.15, 0.2) is 5.82 Å². The van der Waals surface area contributed by atoms with E-state index in [1.54, 1.807) is 27.9 Å². The Kier molecular flexibility index (Phi) is 5.98. The van der Waals surface area contributed by atoms with E-state index in [0.717, 1.165) is 25.7 Å². The maximum Gasteiger partial charge on any atom is 0.259 e. The summed E-state index contributed by atoms with van der Waals surface area (Å²) >= 11 is 0. The molecule has 2 amide bonds. The van der Waals surface area contributed by atoms with Gasteiger partial charge in [0.25, 0.3) is 5.91 Å². The maximum atomic E-state index is 13.6. The van der Waals surface area contributed by atoms with Crippen LogP contribution in [0.1, 0.15) is 48.9 Å². The van der Waals surface area contributed by atoms with Gasteiger partial charge in [-0.1, -0.05) is 12.8 Å². The van der Waals surface area contributed by atoms with Gasteiger partial charge in [-0.3, -0.25) is 9.59 Å². The summed E-state index contributed by atoms with van der Waals surface area (Å²) in [7, 11) is 0. The summed E-state index contributed by atoms with van der Waals surface area (Å²) < 4.78 is 16.9. The molecule has 172 valence electrons. The molecule has 1 atom stereocenters. The molecule has 3 heterocycles. The number of hydrogen-bond acceptors (Lipinski definition) is 3. The number of likely N-dealkylation sites (tertiary alicyclic amines) is 1. The van der Waals surface area contributed by atoms with Crippen molar-refractivity contribution < 1.29 is 14.0 Å². The van der Waals surface area contributed by atoms with Crippen molar-refractivity contribution in [3.05, 3.63) is 66.4 Å². The van der Waals surface area contributed by atoms with Gasteiger partial charge in [-0.2, -0.15) is 5.10 Å². The smallest absolute Gasteiger partial charge is 0.259 e. The lowest BCUT2D eigenvalue weighted by Crippen LogP contribution is -2.47. The van der Waals surface area contributed by atoms with Crippen LogP contribution in [0.15, 0.2) is 55.0 Å². The van der Waals surface area contributed by atoms with Crippen LogP contribution in [0.5, 0.6) is 0 Å². The van der Waals surface area contributed by atoms with Gasteiger partial charge in [0.05, 0.1) is 17.8 Å². The molecule has 1 aromatic carbocycles. The molecule has 0 spiro atoms. The highest BCUT2D eigenvalue weighted by atomic mass is 19.1. The van der Waals surface area contributed by atoms with Gasteiger partial charge >= 0.3 is 0 Å². The first-order valence-corrected chi connectivity index (χ1v) is 11.7. The minimum Gasteiger partial charge on any atom is -0.353 e. The maximum absolute atomic E-state index is 13.6. The van der Waals surface area contributed by atoms with Gasteiger partial charge in [0, 0.05) is 31.5 Å². The number of nitrogens with zero attached hydrogens (tertiary/aromatic N) is 4. The fraction of sp³-hybridized carbons (Fsp3) is 0.400. The number of piperidine rings is 1. The zero-order valence-electron chi connectivity index (χ0n) is 18.5. The Morgan fingerprint density at radius 2 is 1.73 bits per heavy atom. The molecule has 8 heteroatoms. The molecule has 1 saturated heterocycles. The third-order valence-electron chi connectivity index (χ3n) is 6.68. The Balaban J connectivity index is 1.40. The molecule has 33 heavy (non-hydrogen) atoms. The van der Waals surface area contributed by atoms with Crippen LogP contribution in [0.4, 0.5) is 4.39 Å². The Hall–Kier alpha value is -3.42. The van der Waals surface area contributed by atoms with Crippen molar-refractivity contribution in [3.8, 4) is 11.5 Å².